The molecule has 0 aromatic heterocycles. The van der Waals surface area contributed by atoms with Crippen LogP contribution in [0.25, 0.3) is 0 Å². The van der Waals surface area contributed by atoms with Gasteiger partial charge in [0.15, 0.2) is 0 Å². The van der Waals surface area contributed by atoms with Crippen LogP contribution in [0, 0.1) is 11.8 Å². The Morgan fingerprint density at radius 3 is 1.43 bits per heavy atom. The SMILES string of the molecule is C.C1CC2CC1C2. The Bertz CT molecular complexity index is 46.9. The highest BCUT2D eigenvalue weighted by molar-refractivity contribution is 4.87. The summed E-state index contributed by atoms with van der Waals surface area (Å²) in [5.74, 6) is 2.38. The van der Waals surface area contributed by atoms with Crippen molar-refractivity contribution < 1.29 is 0 Å². The average molecular weight is 98.2 g/mol. The fraction of sp³-hybridized carbons (Fsp3) is 1.00. The van der Waals surface area contributed by atoms with Gasteiger partial charge in [-0.3, -0.25) is 0 Å². The maximum atomic E-state index is 1.58. The number of hydrogen-bond donors (Lipinski definition) is 0. The summed E-state index contributed by atoms with van der Waals surface area (Å²) >= 11 is 0. The molecule has 0 aliphatic heterocycles. The predicted octanol–water partition coefficient (Wildman–Crippen LogP) is 2.44. The molecule has 0 nitrogen and oxygen atoms in total. The molecule has 3 saturated carbocycles. The van der Waals surface area contributed by atoms with Gasteiger partial charge in [-0.1, -0.05) is 20.3 Å². The summed E-state index contributed by atoms with van der Waals surface area (Å²) < 4.78 is 0. The van der Waals surface area contributed by atoms with Crippen LogP contribution in [0.15, 0.2) is 0 Å². The molecule has 0 aromatic rings. The first-order valence-corrected chi connectivity index (χ1v) is 2.95. The van der Waals surface area contributed by atoms with Crippen molar-refractivity contribution in [3.8, 4) is 0 Å². The van der Waals surface area contributed by atoms with E-state index in [1.54, 1.807) is 25.7 Å². The lowest BCUT2D eigenvalue weighted by atomic mass is 9.85. The third-order valence-corrected chi connectivity index (χ3v) is 2.32. The van der Waals surface area contributed by atoms with Crippen LogP contribution in [0.5, 0.6) is 0 Å². The highest BCUT2D eigenvalue weighted by Crippen LogP contribution is 2.47. The average Bonchev–Trinajstić information content (AvgIpc) is 1.72. The van der Waals surface area contributed by atoms with Gasteiger partial charge in [-0.15, -0.1) is 0 Å². The summed E-state index contributed by atoms with van der Waals surface area (Å²) in [4.78, 5) is 0. The molecule has 0 amide bonds. The van der Waals surface area contributed by atoms with Crippen molar-refractivity contribution in [1.82, 2.24) is 0 Å². The zero-order chi connectivity index (χ0) is 3.98. The fourth-order valence-electron chi connectivity index (χ4n) is 1.82. The van der Waals surface area contributed by atoms with Gasteiger partial charge in [0.05, 0.1) is 0 Å². The van der Waals surface area contributed by atoms with E-state index < -0.39 is 0 Å². The molecular formula is C7H14. The molecule has 0 spiro atoms. The van der Waals surface area contributed by atoms with Crippen LogP contribution in [0.4, 0.5) is 0 Å². The third-order valence-electron chi connectivity index (χ3n) is 2.32. The normalized spacial score (nSPS) is 44.6. The molecule has 3 fully saturated rings. The van der Waals surface area contributed by atoms with Crippen molar-refractivity contribution in [2.75, 3.05) is 0 Å². The molecule has 0 atom stereocenters. The highest BCUT2D eigenvalue weighted by Gasteiger charge is 2.35. The van der Waals surface area contributed by atoms with Gasteiger partial charge in [0.25, 0.3) is 0 Å². The lowest BCUT2D eigenvalue weighted by molar-refractivity contribution is 0.304. The summed E-state index contributed by atoms with van der Waals surface area (Å²) in [7, 11) is 0. The van der Waals surface area contributed by atoms with E-state index in [9.17, 15) is 0 Å². The first-order valence-electron chi connectivity index (χ1n) is 2.95. The van der Waals surface area contributed by atoms with Gasteiger partial charge in [-0.25, -0.2) is 0 Å². The smallest absolute Gasteiger partial charge is 0.0409 e. The molecule has 0 heteroatoms. The molecule has 0 aromatic carbocycles. The second-order valence-electron chi connectivity index (χ2n) is 2.78. The molecule has 0 radical (unpaired) electrons. The monoisotopic (exact) mass is 98.1 g/mol. The molecule has 42 valence electrons. The maximum Gasteiger partial charge on any atom is -0.0409 e. The van der Waals surface area contributed by atoms with Crippen LogP contribution in [-0.4, -0.2) is 0 Å². The predicted molar refractivity (Wildman–Crippen MR) is 32.2 cm³/mol. The molecule has 3 aliphatic rings. The summed E-state index contributed by atoms with van der Waals surface area (Å²) in [5.41, 5.74) is 0. The number of rotatable bonds is 0. The second-order valence-corrected chi connectivity index (χ2v) is 2.78. The number of hydrogen-bond acceptors (Lipinski definition) is 0. The topological polar surface area (TPSA) is 0 Å². The Morgan fingerprint density at radius 2 is 1.29 bits per heavy atom. The molecule has 3 rings (SSSR count). The van der Waals surface area contributed by atoms with Gasteiger partial charge in [-0.2, -0.15) is 0 Å². The van der Waals surface area contributed by atoms with Crippen LogP contribution in [0.1, 0.15) is 33.1 Å². The zero-order valence-corrected chi connectivity index (χ0v) is 3.98. The van der Waals surface area contributed by atoms with Gasteiger partial charge < -0.3 is 0 Å². The van der Waals surface area contributed by atoms with Crippen LogP contribution in [0.2, 0.25) is 0 Å². The number of fused-ring (bicyclic) bond motifs is 1. The Balaban J connectivity index is 0.000000245. The van der Waals surface area contributed by atoms with Gasteiger partial charge in [0.2, 0.25) is 0 Å². The molecule has 0 saturated heterocycles. The first kappa shape index (κ1) is 5.14. The molecule has 2 bridgehead atoms. The van der Waals surface area contributed by atoms with E-state index in [1.807, 2.05) is 0 Å². The van der Waals surface area contributed by atoms with Gasteiger partial charge in [-0.05, 0) is 24.7 Å². The molecule has 0 heterocycles. The van der Waals surface area contributed by atoms with E-state index in [0.29, 0.717) is 0 Å². The molecule has 3 aliphatic carbocycles. The summed E-state index contributed by atoms with van der Waals surface area (Å²) in [5, 5.41) is 0. The van der Waals surface area contributed by atoms with Crippen molar-refractivity contribution in [2.45, 2.75) is 33.1 Å². The van der Waals surface area contributed by atoms with E-state index in [-0.39, 0.29) is 7.43 Å². The van der Waals surface area contributed by atoms with Crippen molar-refractivity contribution in [3.05, 3.63) is 0 Å². The van der Waals surface area contributed by atoms with Gasteiger partial charge >= 0.3 is 0 Å². The van der Waals surface area contributed by atoms with Crippen molar-refractivity contribution in [3.63, 3.8) is 0 Å². The minimum absolute atomic E-state index is 0. The standard InChI is InChI=1S/C6H10.CH4/c1-2-6-3-5(1)4-6;/h5-6H,1-4H2;1H4. The van der Waals surface area contributed by atoms with E-state index in [2.05, 4.69) is 0 Å². The minimum Gasteiger partial charge on any atom is -0.0776 e. The Morgan fingerprint density at radius 1 is 0.857 bits per heavy atom. The highest BCUT2D eigenvalue weighted by atomic mass is 14.4. The lowest BCUT2D eigenvalue weighted by Gasteiger charge is -2.21. The maximum absolute atomic E-state index is 1.58. The molecule has 0 unspecified atom stereocenters. The van der Waals surface area contributed by atoms with E-state index in [0.717, 1.165) is 0 Å². The van der Waals surface area contributed by atoms with Crippen LogP contribution < -0.4 is 0 Å². The van der Waals surface area contributed by atoms with Crippen LogP contribution >= 0.6 is 0 Å². The summed E-state index contributed by atoms with van der Waals surface area (Å²) in [6, 6.07) is 0. The molecule has 0 N–H and O–H groups in total. The van der Waals surface area contributed by atoms with Crippen molar-refractivity contribution in [1.29, 1.82) is 0 Å². The third kappa shape index (κ3) is 0.568. The first-order chi connectivity index (χ1) is 2.95. The van der Waals surface area contributed by atoms with Crippen molar-refractivity contribution in [2.24, 2.45) is 11.8 Å². The summed E-state index contributed by atoms with van der Waals surface area (Å²) in [6.45, 7) is 0. The quantitative estimate of drug-likeness (QED) is 0.436. The van der Waals surface area contributed by atoms with Crippen molar-refractivity contribution >= 4 is 0 Å². The fourth-order valence-corrected chi connectivity index (χ4v) is 1.82. The molecular weight excluding hydrogens is 84.1 g/mol. The molecule has 7 heavy (non-hydrogen) atoms. The zero-order valence-electron chi connectivity index (χ0n) is 3.98. The lowest BCUT2D eigenvalue weighted by Crippen LogP contribution is -2.09. The Kier molecular flexibility index (Phi) is 1.10. The minimum atomic E-state index is 0. The van der Waals surface area contributed by atoms with Gasteiger partial charge in [0.1, 0.15) is 0 Å². The second kappa shape index (κ2) is 1.50. The van der Waals surface area contributed by atoms with E-state index in [1.165, 1.54) is 11.8 Å². The van der Waals surface area contributed by atoms with E-state index in [4.69, 9.17) is 0 Å². The van der Waals surface area contributed by atoms with Gasteiger partial charge in [0, 0.05) is 0 Å². The van der Waals surface area contributed by atoms with E-state index >= 15 is 0 Å². The Hall–Kier alpha value is 0. The van der Waals surface area contributed by atoms with Crippen LogP contribution in [0.3, 0.4) is 0 Å². The largest absolute Gasteiger partial charge is 0.0776 e. The Labute approximate surface area is 45.9 Å². The summed E-state index contributed by atoms with van der Waals surface area (Å²) in [6.07, 6.45) is 6.29. The van der Waals surface area contributed by atoms with Crippen LogP contribution in [-0.2, 0) is 0 Å².